The minimum Gasteiger partial charge on any atom is -0.384 e. The fourth-order valence-corrected chi connectivity index (χ4v) is 3.75. The Labute approximate surface area is 180 Å². The monoisotopic (exact) mass is 433 g/mol. The molecule has 0 unspecified atom stereocenters. The van der Waals surface area contributed by atoms with E-state index in [1.807, 2.05) is 12.1 Å². The van der Waals surface area contributed by atoms with Crippen molar-refractivity contribution in [2.24, 2.45) is 5.41 Å². The van der Waals surface area contributed by atoms with Gasteiger partial charge in [-0.05, 0) is 50.0 Å². The van der Waals surface area contributed by atoms with Gasteiger partial charge in [-0.2, -0.15) is 0 Å². The molecule has 0 radical (unpaired) electrons. The molecule has 2 heterocycles. The molecule has 0 saturated carbocycles. The number of nitrogens with one attached hydrogen (secondary N) is 2. The van der Waals surface area contributed by atoms with Gasteiger partial charge in [0.15, 0.2) is 0 Å². The Balaban J connectivity index is 0.00000196. The van der Waals surface area contributed by atoms with Crippen LogP contribution in [0.3, 0.4) is 0 Å². The minimum absolute atomic E-state index is 0. The Hall–Kier alpha value is -0.890. The zero-order valence-corrected chi connectivity index (χ0v) is 18.2. The molecule has 0 bridgehead atoms. The normalized spacial score (nSPS) is 19.2. The summed E-state index contributed by atoms with van der Waals surface area (Å²) in [5.41, 5.74) is 1.73. The van der Waals surface area contributed by atoms with Gasteiger partial charge in [0.05, 0.1) is 25.2 Å². The molecule has 2 fully saturated rings. The lowest BCUT2D eigenvalue weighted by Gasteiger charge is -2.35. The molecule has 0 aromatic heterocycles. The van der Waals surface area contributed by atoms with E-state index in [4.69, 9.17) is 9.47 Å². The number of carbonyl (C=O) groups excluding carboxylic acids is 1. The highest BCUT2D eigenvalue weighted by atomic mass is 35.5. The average molecular weight is 434 g/mol. The van der Waals surface area contributed by atoms with Gasteiger partial charge in [-0.3, -0.25) is 9.69 Å². The highest BCUT2D eigenvalue weighted by Gasteiger charge is 2.39. The molecule has 6 nitrogen and oxygen atoms in total. The third-order valence-electron chi connectivity index (χ3n) is 5.50. The number of benzene rings is 1. The van der Waals surface area contributed by atoms with Crippen LogP contribution in [0.25, 0.3) is 0 Å². The third kappa shape index (κ3) is 6.87. The van der Waals surface area contributed by atoms with Crippen molar-refractivity contribution in [1.29, 1.82) is 0 Å². The van der Waals surface area contributed by atoms with Crippen molar-refractivity contribution in [3.8, 4) is 0 Å². The van der Waals surface area contributed by atoms with Crippen LogP contribution < -0.4 is 10.6 Å². The second-order valence-corrected chi connectivity index (χ2v) is 7.32. The predicted octanol–water partition coefficient (Wildman–Crippen LogP) is 2.36. The second-order valence-electron chi connectivity index (χ2n) is 7.32. The molecule has 1 aromatic carbocycles. The first-order valence-electron chi connectivity index (χ1n) is 9.62. The maximum absolute atomic E-state index is 12.9. The number of nitrogens with zero attached hydrogens (tertiary/aromatic N) is 1. The first-order chi connectivity index (χ1) is 12.7. The molecule has 8 heteroatoms. The summed E-state index contributed by atoms with van der Waals surface area (Å²) in [5.74, 6) is 0.0712. The molecule has 2 aliphatic rings. The van der Waals surface area contributed by atoms with Gasteiger partial charge in [-0.1, -0.05) is 12.1 Å². The van der Waals surface area contributed by atoms with Crippen LogP contribution >= 0.6 is 24.8 Å². The SMILES string of the molecule is COCC1(C(=O)Nc2ccc(CCN3CCOCC3)cc2)CCNCC1.Cl.Cl. The van der Waals surface area contributed by atoms with Crippen molar-refractivity contribution in [3.63, 3.8) is 0 Å². The lowest BCUT2D eigenvalue weighted by atomic mass is 9.78. The van der Waals surface area contributed by atoms with E-state index in [2.05, 4.69) is 27.7 Å². The van der Waals surface area contributed by atoms with Gasteiger partial charge >= 0.3 is 0 Å². The summed E-state index contributed by atoms with van der Waals surface area (Å²) in [6, 6.07) is 8.24. The standard InChI is InChI=1S/C20H31N3O3.2ClH/c1-25-16-20(7-9-21-10-8-20)19(24)22-18-4-2-17(3-5-18)6-11-23-12-14-26-15-13-23;;/h2-5,21H,6-16H2,1H3,(H,22,24);2*1H. The summed E-state index contributed by atoms with van der Waals surface area (Å²) in [7, 11) is 1.67. The maximum Gasteiger partial charge on any atom is 0.233 e. The Morgan fingerprint density at radius 2 is 1.82 bits per heavy atom. The fraction of sp³-hybridized carbons (Fsp3) is 0.650. The van der Waals surface area contributed by atoms with Crippen LogP contribution in [0.4, 0.5) is 5.69 Å². The van der Waals surface area contributed by atoms with Crippen molar-refractivity contribution >= 4 is 36.4 Å². The van der Waals surface area contributed by atoms with Crippen molar-refractivity contribution in [2.75, 3.05) is 65.0 Å². The number of piperidine rings is 1. The minimum atomic E-state index is -0.422. The summed E-state index contributed by atoms with van der Waals surface area (Å²) >= 11 is 0. The molecule has 1 aromatic rings. The van der Waals surface area contributed by atoms with Gasteiger partial charge in [0.1, 0.15) is 0 Å². The van der Waals surface area contributed by atoms with Crippen molar-refractivity contribution < 1.29 is 14.3 Å². The summed E-state index contributed by atoms with van der Waals surface area (Å²) in [4.78, 5) is 15.3. The van der Waals surface area contributed by atoms with Crippen LogP contribution in [0, 0.1) is 5.41 Å². The van der Waals surface area contributed by atoms with Crippen LogP contribution in [0.5, 0.6) is 0 Å². The van der Waals surface area contributed by atoms with E-state index in [-0.39, 0.29) is 30.7 Å². The number of carbonyl (C=O) groups is 1. The summed E-state index contributed by atoms with van der Waals surface area (Å²) in [6.45, 7) is 6.95. The molecule has 1 amide bonds. The second kappa shape index (κ2) is 12.6. The van der Waals surface area contributed by atoms with E-state index in [1.54, 1.807) is 7.11 Å². The van der Waals surface area contributed by atoms with Gasteiger partial charge < -0.3 is 20.1 Å². The van der Waals surface area contributed by atoms with Gasteiger partial charge in [0.2, 0.25) is 5.91 Å². The Kier molecular flexibility index (Phi) is 11.3. The van der Waals surface area contributed by atoms with Crippen LogP contribution in [-0.4, -0.2) is 70.5 Å². The quantitative estimate of drug-likeness (QED) is 0.690. The largest absolute Gasteiger partial charge is 0.384 e. The maximum atomic E-state index is 12.9. The van der Waals surface area contributed by atoms with E-state index in [0.717, 1.165) is 70.9 Å². The Morgan fingerprint density at radius 3 is 2.43 bits per heavy atom. The highest BCUT2D eigenvalue weighted by Crippen LogP contribution is 2.31. The Bertz CT molecular complexity index is 569. The molecule has 0 spiro atoms. The molecule has 160 valence electrons. The molecule has 2 aliphatic heterocycles. The Morgan fingerprint density at radius 1 is 1.18 bits per heavy atom. The number of methoxy groups -OCH3 is 1. The van der Waals surface area contributed by atoms with E-state index >= 15 is 0 Å². The highest BCUT2D eigenvalue weighted by molar-refractivity contribution is 5.95. The summed E-state index contributed by atoms with van der Waals surface area (Å²) in [6.07, 6.45) is 2.64. The molecule has 3 rings (SSSR count). The predicted molar refractivity (Wildman–Crippen MR) is 117 cm³/mol. The first kappa shape index (κ1) is 25.1. The smallest absolute Gasteiger partial charge is 0.233 e. The van der Waals surface area contributed by atoms with Crippen molar-refractivity contribution in [3.05, 3.63) is 29.8 Å². The zero-order valence-electron chi connectivity index (χ0n) is 16.6. The van der Waals surface area contributed by atoms with Crippen LogP contribution in [0.2, 0.25) is 0 Å². The van der Waals surface area contributed by atoms with Gasteiger partial charge in [-0.15, -0.1) is 24.8 Å². The van der Waals surface area contributed by atoms with Gasteiger partial charge in [0, 0.05) is 32.4 Å². The molecule has 28 heavy (non-hydrogen) atoms. The number of morpholine rings is 1. The number of amides is 1. The molecular weight excluding hydrogens is 401 g/mol. The van der Waals surface area contributed by atoms with E-state index < -0.39 is 5.41 Å². The lowest BCUT2D eigenvalue weighted by molar-refractivity contribution is -0.130. The summed E-state index contributed by atoms with van der Waals surface area (Å²) < 4.78 is 10.7. The van der Waals surface area contributed by atoms with Crippen molar-refractivity contribution in [1.82, 2.24) is 10.2 Å². The van der Waals surface area contributed by atoms with Gasteiger partial charge in [0.25, 0.3) is 0 Å². The first-order valence-corrected chi connectivity index (χ1v) is 9.62. The average Bonchev–Trinajstić information content (AvgIpc) is 2.69. The molecule has 2 saturated heterocycles. The number of halogens is 2. The third-order valence-corrected chi connectivity index (χ3v) is 5.50. The van der Waals surface area contributed by atoms with Crippen molar-refractivity contribution in [2.45, 2.75) is 19.3 Å². The number of hydrogen-bond donors (Lipinski definition) is 2. The fourth-order valence-electron chi connectivity index (χ4n) is 3.75. The topological polar surface area (TPSA) is 62.8 Å². The van der Waals surface area contributed by atoms with E-state index in [0.29, 0.717) is 6.61 Å². The van der Waals surface area contributed by atoms with E-state index in [9.17, 15) is 4.79 Å². The molecular formula is C20H33Cl2N3O3. The van der Waals surface area contributed by atoms with Crippen LogP contribution in [-0.2, 0) is 20.7 Å². The number of anilines is 1. The summed E-state index contributed by atoms with van der Waals surface area (Å²) in [5, 5.41) is 6.41. The van der Waals surface area contributed by atoms with Gasteiger partial charge in [-0.25, -0.2) is 0 Å². The number of hydrogen-bond acceptors (Lipinski definition) is 5. The number of rotatable bonds is 7. The van der Waals surface area contributed by atoms with Crippen LogP contribution in [0.15, 0.2) is 24.3 Å². The number of ether oxygens (including phenoxy) is 2. The molecule has 2 N–H and O–H groups in total. The van der Waals surface area contributed by atoms with E-state index in [1.165, 1.54) is 5.56 Å². The van der Waals surface area contributed by atoms with Crippen LogP contribution in [0.1, 0.15) is 18.4 Å². The molecule has 0 aliphatic carbocycles. The lowest BCUT2D eigenvalue weighted by Crippen LogP contribution is -2.47. The zero-order chi connectivity index (χ0) is 18.2. The molecule has 0 atom stereocenters.